The number of anilines is 1. The van der Waals surface area contributed by atoms with Crippen molar-refractivity contribution in [2.24, 2.45) is 0 Å². The molecule has 3 rings (SSSR count). The number of non-ortho nitro benzene ring substituents is 1. The smallest absolute Gasteiger partial charge is 0.271 e. The molecule has 0 saturated heterocycles. The van der Waals surface area contributed by atoms with E-state index in [0.717, 1.165) is 45.1 Å². The van der Waals surface area contributed by atoms with Crippen molar-refractivity contribution in [1.82, 2.24) is 10.2 Å². The van der Waals surface area contributed by atoms with Crippen molar-refractivity contribution >= 4 is 49.1 Å². The highest BCUT2D eigenvalue weighted by Gasteiger charge is 2.33. The van der Waals surface area contributed by atoms with Crippen LogP contribution in [-0.2, 0) is 32.6 Å². The number of carbonyl (C=O) groups is 2. The molecule has 0 radical (unpaired) electrons. The number of nitrogens with one attached hydrogen (secondary N) is 1. The predicted octanol–water partition coefficient (Wildman–Crippen LogP) is 4.68. The monoisotopic (exact) mass is 644 g/mol. The summed E-state index contributed by atoms with van der Waals surface area (Å²) in [7, 11) is -4.03. The van der Waals surface area contributed by atoms with Gasteiger partial charge >= 0.3 is 0 Å². The van der Waals surface area contributed by atoms with Crippen LogP contribution in [0, 0.1) is 10.1 Å². The number of unbranched alkanes of at least 4 members (excludes halogenated alkanes) is 1. The van der Waals surface area contributed by atoms with Crippen molar-refractivity contribution in [3.8, 4) is 0 Å². The molecule has 0 aromatic heterocycles. The lowest BCUT2D eigenvalue weighted by Gasteiger charge is -2.33. The van der Waals surface area contributed by atoms with E-state index in [9.17, 15) is 28.1 Å². The molecule has 0 fully saturated rings. The van der Waals surface area contributed by atoms with Gasteiger partial charge in [-0.15, -0.1) is 0 Å². The first kappa shape index (κ1) is 31.8. The quantitative estimate of drug-likeness (QED) is 0.154. The summed E-state index contributed by atoms with van der Waals surface area (Å²) in [5.41, 5.74) is 1.23. The highest BCUT2D eigenvalue weighted by Crippen LogP contribution is 2.24. The third-order valence-corrected chi connectivity index (χ3v) is 8.04. The molecule has 12 heteroatoms. The molecule has 10 nitrogen and oxygen atoms in total. The number of benzene rings is 3. The zero-order valence-electron chi connectivity index (χ0n) is 22.9. The van der Waals surface area contributed by atoms with Crippen molar-refractivity contribution < 1.29 is 22.9 Å². The largest absolute Gasteiger partial charge is 0.354 e. The number of nitro benzene ring substituents is 1. The number of hydrogen-bond acceptors (Lipinski definition) is 6. The van der Waals surface area contributed by atoms with Crippen LogP contribution < -0.4 is 9.62 Å². The van der Waals surface area contributed by atoms with Gasteiger partial charge in [-0.1, -0.05) is 77.8 Å². The Kier molecular flexibility index (Phi) is 11.4. The van der Waals surface area contributed by atoms with Crippen LogP contribution in [0.3, 0.4) is 0 Å². The van der Waals surface area contributed by atoms with E-state index in [0.29, 0.717) is 6.54 Å². The minimum atomic E-state index is -4.03. The standard InChI is InChI=1S/C29H33BrN4O6S/c1-3-4-17-31-29(36)27(18-22-9-6-5-7-10-22)32(20-23-13-15-24(30)16-14-23)28(35)21-33(41(2,39)40)25-11-8-12-26(19-25)34(37)38/h5-16,19,27H,3-4,17-18,20-21H2,1-2H3,(H,31,36). The average Bonchev–Trinajstić information content (AvgIpc) is 2.94. The summed E-state index contributed by atoms with van der Waals surface area (Å²) in [6.07, 6.45) is 2.77. The summed E-state index contributed by atoms with van der Waals surface area (Å²) in [6, 6.07) is 20.7. The second-order valence-corrected chi connectivity index (χ2v) is 12.4. The van der Waals surface area contributed by atoms with Crippen LogP contribution in [-0.4, -0.2) is 55.4 Å². The Labute approximate surface area is 248 Å². The molecule has 218 valence electrons. The molecule has 0 aliphatic rings. The van der Waals surface area contributed by atoms with E-state index in [4.69, 9.17) is 0 Å². The SMILES string of the molecule is CCCCNC(=O)C(Cc1ccccc1)N(Cc1ccc(Br)cc1)C(=O)CN(c1cccc([N+](=O)[O-])c1)S(C)(=O)=O. The number of amides is 2. The van der Waals surface area contributed by atoms with Gasteiger partial charge in [0.25, 0.3) is 5.69 Å². The van der Waals surface area contributed by atoms with E-state index in [1.54, 1.807) is 0 Å². The maximum atomic E-state index is 14.0. The number of halogens is 1. The van der Waals surface area contributed by atoms with Gasteiger partial charge in [0.05, 0.1) is 16.9 Å². The lowest BCUT2D eigenvalue weighted by Crippen LogP contribution is -2.53. The number of rotatable bonds is 14. The fourth-order valence-electron chi connectivity index (χ4n) is 4.22. The summed E-state index contributed by atoms with van der Waals surface area (Å²) in [6.45, 7) is 1.83. The molecule has 1 N–H and O–H groups in total. The summed E-state index contributed by atoms with van der Waals surface area (Å²) in [4.78, 5) is 39.7. The second-order valence-electron chi connectivity index (χ2n) is 9.54. The molecule has 0 spiro atoms. The van der Waals surface area contributed by atoms with Crippen LogP contribution in [0.2, 0.25) is 0 Å². The minimum Gasteiger partial charge on any atom is -0.354 e. The van der Waals surface area contributed by atoms with Gasteiger partial charge in [-0.25, -0.2) is 8.42 Å². The van der Waals surface area contributed by atoms with Gasteiger partial charge in [-0.2, -0.15) is 0 Å². The van der Waals surface area contributed by atoms with E-state index in [1.165, 1.54) is 23.1 Å². The van der Waals surface area contributed by atoms with Crippen LogP contribution in [0.15, 0.2) is 83.3 Å². The van der Waals surface area contributed by atoms with Crippen LogP contribution in [0.1, 0.15) is 30.9 Å². The Morgan fingerprint density at radius 1 is 1.00 bits per heavy atom. The fraction of sp³-hybridized carbons (Fsp3) is 0.310. The van der Waals surface area contributed by atoms with Crippen molar-refractivity contribution in [2.75, 3.05) is 23.7 Å². The molecule has 1 atom stereocenters. The fourth-order valence-corrected chi connectivity index (χ4v) is 5.33. The van der Waals surface area contributed by atoms with E-state index in [-0.39, 0.29) is 30.2 Å². The van der Waals surface area contributed by atoms with Gasteiger partial charge in [0.15, 0.2) is 0 Å². The molecular weight excluding hydrogens is 612 g/mol. The zero-order valence-corrected chi connectivity index (χ0v) is 25.3. The van der Waals surface area contributed by atoms with E-state index in [2.05, 4.69) is 21.2 Å². The second kappa shape index (κ2) is 14.7. The van der Waals surface area contributed by atoms with Crippen molar-refractivity contribution in [3.05, 3.63) is 105 Å². The van der Waals surface area contributed by atoms with Crippen LogP contribution in [0.4, 0.5) is 11.4 Å². The summed E-state index contributed by atoms with van der Waals surface area (Å²) in [5, 5.41) is 14.3. The molecular formula is C29H33BrN4O6S. The first-order chi connectivity index (χ1) is 19.5. The van der Waals surface area contributed by atoms with Gasteiger partial charge in [0.2, 0.25) is 21.8 Å². The minimum absolute atomic E-state index is 0.0225. The predicted molar refractivity (Wildman–Crippen MR) is 162 cm³/mol. The number of carbonyl (C=O) groups excluding carboxylic acids is 2. The Hall–Kier alpha value is -3.77. The summed E-state index contributed by atoms with van der Waals surface area (Å²) >= 11 is 3.40. The third kappa shape index (κ3) is 9.39. The topological polar surface area (TPSA) is 130 Å². The average molecular weight is 646 g/mol. The number of nitrogens with zero attached hydrogens (tertiary/aromatic N) is 3. The van der Waals surface area contributed by atoms with Gasteiger partial charge in [0.1, 0.15) is 12.6 Å². The first-order valence-electron chi connectivity index (χ1n) is 13.1. The lowest BCUT2D eigenvalue weighted by molar-refractivity contribution is -0.384. The molecule has 3 aromatic carbocycles. The van der Waals surface area contributed by atoms with Crippen molar-refractivity contribution in [1.29, 1.82) is 0 Å². The van der Waals surface area contributed by atoms with E-state index >= 15 is 0 Å². The lowest BCUT2D eigenvalue weighted by atomic mass is 10.0. The summed E-state index contributed by atoms with van der Waals surface area (Å²) < 4.78 is 27.3. The van der Waals surface area contributed by atoms with E-state index in [1.807, 2.05) is 61.5 Å². The Morgan fingerprint density at radius 2 is 1.68 bits per heavy atom. The molecule has 3 aromatic rings. The van der Waals surface area contributed by atoms with E-state index < -0.39 is 33.4 Å². The first-order valence-corrected chi connectivity index (χ1v) is 15.7. The molecule has 0 heterocycles. The Balaban J connectivity index is 2.04. The molecule has 0 aliphatic heterocycles. The molecule has 1 unspecified atom stereocenters. The maximum absolute atomic E-state index is 14.0. The molecule has 0 saturated carbocycles. The van der Waals surface area contributed by atoms with Gasteiger partial charge in [-0.05, 0) is 35.7 Å². The highest BCUT2D eigenvalue weighted by atomic mass is 79.9. The highest BCUT2D eigenvalue weighted by molar-refractivity contribution is 9.10. The molecule has 0 bridgehead atoms. The van der Waals surface area contributed by atoms with Crippen LogP contribution in [0.25, 0.3) is 0 Å². The van der Waals surface area contributed by atoms with Crippen molar-refractivity contribution in [3.63, 3.8) is 0 Å². The Bertz CT molecular complexity index is 1450. The molecule has 0 aliphatic carbocycles. The molecule has 2 amide bonds. The maximum Gasteiger partial charge on any atom is 0.271 e. The van der Waals surface area contributed by atoms with Gasteiger partial charge in [-0.3, -0.25) is 24.0 Å². The van der Waals surface area contributed by atoms with Crippen LogP contribution in [0.5, 0.6) is 0 Å². The van der Waals surface area contributed by atoms with Crippen LogP contribution >= 0.6 is 15.9 Å². The summed E-state index contributed by atoms with van der Waals surface area (Å²) in [5.74, 6) is -0.981. The van der Waals surface area contributed by atoms with Gasteiger partial charge < -0.3 is 10.2 Å². The zero-order chi connectivity index (χ0) is 30.0. The normalized spacial score (nSPS) is 11.9. The number of nitro groups is 1. The van der Waals surface area contributed by atoms with Crippen molar-refractivity contribution in [2.45, 2.75) is 38.8 Å². The Morgan fingerprint density at radius 3 is 2.29 bits per heavy atom. The number of sulfonamides is 1. The molecule has 41 heavy (non-hydrogen) atoms. The number of hydrogen-bond donors (Lipinski definition) is 1. The third-order valence-electron chi connectivity index (χ3n) is 6.37. The van der Waals surface area contributed by atoms with Gasteiger partial charge in [0, 0.05) is 36.1 Å².